The zero-order chi connectivity index (χ0) is 13.5. The quantitative estimate of drug-likeness (QED) is 0.740. The zero-order valence-electron chi connectivity index (χ0n) is 9.16. The summed E-state index contributed by atoms with van der Waals surface area (Å²) in [5, 5.41) is 8.54. The number of nitrogens with two attached hydrogens (primary N) is 1. The molecule has 2 rings (SSSR count). The highest BCUT2D eigenvalue weighted by Gasteiger charge is 2.41. The predicted molar refractivity (Wildman–Crippen MR) is 61.3 cm³/mol. The van der Waals surface area contributed by atoms with Crippen LogP contribution in [0, 0.1) is 0 Å². The van der Waals surface area contributed by atoms with Gasteiger partial charge in [-0.1, -0.05) is 0 Å². The number of fused-ring (bicyclic) bond motifs is 1. The second-order valence-corrected chi connectivity index (χ2v) is 5.61. The van der Waals surface area contributed by atoms with Crippen LogP contribution in [0.1, 0.15) is 16.8 Å². The third kappa shape index (κ3) is 1.80. The topological polar surface area (TPSA) is 118 Å². The van der Waals surface area contributed by atoms with Gasteiger partial charge in [-0.3, -0.25) is 9.59 Å². The average Bonchev–Trinajstić information content (AvgIpc) is 2.45. The SMILES string of the molecule is Nc1ccc2c(c1)S(=O)(=O)N(CCC(=O)O)C2=O. The lowest BCUT2D eigenvalue weighted by molar-refractivity contribution is -0.137. The molecule has 7 nitrogen and oxygen atoms in total. The van der Waals surface area contributed by atoms with Gasteiger partial charge in [-0.05, 0) is 18.2 Å². The van der Waals surface area contributed by atoms with Crippen molar-refractivity contribution in [1.82, 2.24) is 4.31 Å². The van der Waals surface area contributed by atoms with Crippen LogP contribution in [0.2, 0.25) is 0 Å². The first-order valence-electron chi connectivity index (χ1n) is 5.02. The maximum atomic E-state index is 12.0. The van der Waals surface area contributed by atoms with E-state index in [1.54, 1.807) is 0 Å². The molecule has 0 saturated carbocycles. The van der Waals surface area contributed by atoms with E-state index >= 15 is 0 Å². The molecule has 1 amide bonds. The number of amides is 1. The minimum atomic E-state index is -3.97. The van der Waals surface area contributed by atoms with Gasteiger partial charge >= 0.3 is 5.97 Å². The Hall–Kier alpha value is -2.09. The van der Waals surface area contributed by atoms with Crippen LogP contribution < -0.4 is 5.73 Å². The summed E-state index contributed by atoms with van der Waals surface area (Å²) in [6.45, 7) is -0.384. The first-order valence-corrected chi connectivity index (χ1v) is 6.46. The van der Waals surface area contributed by atoms with Crippen LogP contribution in [0.3, 0.4) is 0 Å². The summed E-state index contributed by atoms with van der Waals surface area (Å²) < 4.78 is 24.6. The lowest BCUT2D eigenvalue weighted by Gasteiger charge is -2.13. The summed E-state index contributed by atoms with van der Waals surface area (Å²) in [6.07, 6.45) is -0.436. The largest absolute Gasteiger partial charge is 0.481 e. The molecule has 1 heterocycles. The van der Waals surface area contributed by atoms with E-state index in [0.717, 1.165) is 0 Å². The maximum absolute atomic E-state index is 12.0. The fourth-order valence-electron chi connectivity index (χ4n) is 1.71. The predicted octanol–water partition coefficient (Wildman–Crippen LogP) is -0.112. The molecule has 0 unspecified atom stereocenters. The van der Waals surface area contributed by atoms with Gasteiger partial charge in [-0.25, -0.2) is 12.7 Å². The van der Waals surface area contributed by atoms with Crippen molar-refractivity contribution >= 4 is 27.6 Å². The van der Waals surface area contributed by atoms with Gasteiger partial charge in [0.2, 0.25) is 0 Å². The van der Waals surface area contributed by atoms with E-state index in [2.05, 4.69) is 0 Å². The van der Waals surface area contributed by atoms with Crippen molar-refractivity contribution in [2.45, 2.75) is 11.3 Å². The van der Waals surface area contributed by atoms with E-state index in [9.17, 15) is 18.0 Å². The van der Waals surface area contributed by atoms with Crippen molar-refractivity contribution in [2.75, 3.05) is 12.3 Å². The number of sulfonamides is 1. The van der Waals surface area contributed by atoms with Crippen LogP contribution in [0.4, 0.5) is 5.69 Å². The third-order valence-corrected chi connectivity index (χ3v) is 4.38. The second-order valence-electron chi connectivity index (χ2n) is 3.78. The normalized spacial score (nSPS) is 16.7. The Morgan fingerprint density at radius 2 is 2.06 bits per heavy atom. The fourth-order valence-corrected chi connectivity index (χ4v) is 3.31. The van der Waals surface area contributed by atoms with Crippen LogP contribution in [0.25, 0.3) is 0 Å². The van der Waals surface area contributed by atoms with Crippen LogP contribution in [0.5, 0.6) is 0 Å². The van der Waals surface area contributed by atoms with E-state index < -0.39 is 28.3 Å². The number of rotatable bonds is 3. The lowest BCUT2D eigenvalue weighted by atomic mass is 10.2. The number of anilines is 1. The van der Waals surface area contributed by atoms with Crippen molar-refractivity contribution in [1.29, 1.82) is 0 Å². The van der Waals surface area contributed by atoms with Crippen molar-refractivity contribution in [3.8, 4) is 0 Å². The molecule has 0 saturated heterocycles. The number of hydrogen-bond acceptors (Lipinski definition) is 5. The van der Waals surface area contributed by atoms with Gasteiger partial charge in [0, 0.05) is 12.2 Å². The smallest absolute Gasteiger partial charge is 0.305 e. The van der Waals surface area contributed by atoms with E-state index in [-0.39, 0.29) is 22.7 Å². The highest BCUT2D eigenvalue weighted by Crippen LogP contribution is 2.31. The molecule has 1 aromatic carbocycles. The van der Waals surface area contributed by atoms with Crippen LogP contribution >= 0.6 is 0 Å². The van der Waals surface area contributed by atoms with Crippen LogP contribution in [-0.4, -0.2) is 36.3 Å². The Kier molecular flexibility index (Phi) is 2.74. The molecule has 3 N–H and O–H groups in total. The van der Waals surface area contributed by atoms with E-state index in [1.807, 2.05) is 0 Å². The van der Waals surface area contributed by atoms with Crippen molar-refractivity contribution < 1.29 is 23.1 Å². The third-order valence-electron chi connectivity index (χ3n) is 2.56. The monoisotopic (exact) mass is 270 g/mol. The molecule has 0 aromatic heterocycles. The first-order chi connectivity index (χ1) is 8.34. The number of carbonyl (C=O) groups excluding carboxylic acids is 1. The molecule has 0 spiro atoms. The van der Waals surface area contributed by atoms with E-state index in [0.29, 0.717) is 4.31 Å². The molecule has 1 aliphatic heterocycles. The lowest BCUT2D eigenvalue weighted by Crippen LogP contribution is -2.32. The van der Waals surface area contributed by atoms with Crippen LogP contribution in [0.15, 0.2) is 23.1 Å². The first kappa shape index (κ1) is 12.4. The second kappa shape index (κ2) is 3.98. The van der Waals surface area contributed by atoms with Gasteiger partial charge in [0.1, 0.15) is 4.90 Å². The van der Waals surface area contributed by atoms with Gasteiger partial charge in [-0.15, -0.1) is 0 Å². The number of carboxylic acids is 1. The Morgan fingerprint density at radius 3 is 2.67 bits per heavy atom. The maximum Gasteiger partial charge on any atom is 0.305 e. The van der Waals surface area contributed by atoms with Gasteiger partial charge < -0.3 is 10.8 Å². The highest BCUT2D eigenvalue weighted by molar-refractivity contribution is 7.90. The summed E-state index contributed by atoms with van der Waals surface area (Å²) in [7, 11) is -3.97. The average molecular weight is 270 g/mol. The number of nitrogen functional groups attached to an aromatic ring is 1. The Bertz CT molecular complexity index is 638. The summed E-state index contributed by atoms with van der Waals surface area (Å²) in [4.78, 5) is 22.1. The van der Waals surface area contributed by atoms with Gasteiger partial charge in [0.15, 0.2) is 0 Å². The van der Waals surface area contributed by atoms with Crippen molar-refractivity contribution in [3.05, 3.63) is 23.8 Å². The molecule has 8 heteroatoms. The molecule has 96 valence electrons. The minimum Gasteiger partial charge on any atom is -0.481 e. The fraction of sp³-hybridized carbons (Fsp3) is 0.200. The summed E-state index contributed by atoms with van der Waals surface area (Å²) in [6, 6.07) is 3.95. The molecular formula is C10H10N2O5S. The Morgan fingerprint density at radius 1 is 1.39 bits per heavy atom. The molecule has 1 aliphatic rings. The molecule has 0 bridgehead atoms. The Balaban J connectivity index is 2.45. The van der Waals surface area contributed by atoms with Crippen molar-refractivity contribution in [3.63, 3.8) is 0 Å². The molecular weight excluding hydrogens is 260 g/mol. The molecule has 0 aliphatic carbocycles. The molecule has 0 radical (unpaired) electrons. The molecule has 1 aromatic rings. The molecule has 0 fully saturated rings. The molecule has 0 atom stereocenters. The summed E-state index contributed by atoms with van der Waals surface area (Å²) in [5.74, 6) is -1.89. The molecule has 18 heavy (non-hydrogen) atoms. The number of carboxylic acid groups (broad SMARTS) is 1. The minimum absolute atomic E-state index is 0.0228. The summed E-state index contributed by atoms with van der Waals surface area (Å²) in [5.41, 5.74) is 5.73. The summed E-state index contributed by atoms with van der Waals surface area (Å²) >= 11 is 0. The van der Waals surface area contributed by atoms with Crippen molar-refractivity contribution in [2.24, 2.45) is 0 Å². The van der Waals surface area contributed by atoms with E-state index in [1.165, 1.54) is 18.2 Å². The van der Waals surface area contributed by atoms with Gasteiger partial charge in [0.05, 0.1) is 12.0 Å². The Labute approximate surface area is 103 Å². The van der Waals surface area contributed by atoms with Gasteiger partial charge in [0.25, 0.3) is 15.9 Å². The number of hydrogen-bond donors (Lipinski definition) is 2. The van der Waals surface area contributed by atoms with Gasteiger partial charge in [-0.2, -0.15) is 0 Å². The number of aliphatic carboxylic acids is 1. The van der Waals surface area contributed by atoms with Crippen LogP contribution in [-0.2, 0) is 14.8 Å². The number of carbonyl (C=O) groups is 2. The number of benzene rings is 1. The zero-order valence-corrected chi connectivity index (χ0v) is 9.98. The highest BCUT2D eigenvalue weighted by atomic mass is 32.2. The number of nitrogens with zero attached hydrogens (tertiary/aromatic N) is 1. The standard InChI is InChI=1S/C10H10N2O5S/c11-6-1-2-7-8(5-6)18(16,17)12(10(7)15)4-3-9(13)14/h1-2,5H,3-4,11H2,(H,13,14). The van der Waals surface area contributed by atoms with E-state index in [4.69, 9.17) is 10.8 Å².